The molecule has 4 nitrogen and oxygen atoms in total. The molecule has 6 heteroatoms. The summed E-state index contributed by atoms with van der Waals surface area (Å²) < 4.78 is 18.3. The molecule has 2 N–H and O–H groups in total. The van der Waals surface area contributed by atoms with Crippen LogP contribution in [0.1, 0.15) is 46.2 Å². The second-order valence-corrected chi connectivity index (χ2v) is 6.75. The molecule has 1 aromatic rings. The van der Waals surface area contributed by atoms with Crippen LogP contribution in [0, 0.1) is 5.82 Å². The van der Waals surface area contributed by atoms with E-state index in [4.69, 9.17) is 16.3 Å². The van der Waals surface area contributed by atoms with Crippen LogP contribution in [0.15, 0.2) is 18.2 Å². The molecular weight excluding hydrogens is 307 g/mol. The number of carbonyl (C=O) groups is 1. The predicted octanol–water partition coefficient (Wildman–Crippen LogP) is 4.04. The molecule has 0 heterocycles. The monoisotopic (exact) mass is 330 g/mol. The lowest BCUT2D eigenvalue weighted by Crippen LogP contribution is -2.41. The van der Waals surface area contributed by atoms with E-state index >= 15 is 0 Å². The summed E-state index contributed by atoms with van der Waals surface area (Å²) in [6.45, 7) is 9.76. The van der Waals surface area contributed by atoms with Crippen molar-refractivity contribution in [3.05, 3.63) is 34.6 Å². The van der Waals surface area contributed by atoms with Crippen molar-refractivity contribution in [1.82, 2.24) is 10.6 Å². The normalized spacial score (nSPS) is 14.3. The minimum atomic E-state index is -0.515. The Bertz CT molecular complexity index is 517. The molecule has 1 amide bonds. The first-order chi connectivity index (χ1) is 10.1. The summed E-state index contributed by atoms with van der Waals surface area (Å²) in [5.41, 5.74) is 0.370. The number of hydrogen-bond acceptors (Lipinski definition) is 3. The van der Waals surface area contributed by atoms with Crippen molar-refractivity contribution < 1.29 is 13.9 Å². The van der Waals surface area contributed by atoms with E-state index in [1.165, 1.54) is 6.07 Å². The van der Waals surface area contributed by atoms with Crippen LogP contribution in [-0.4, -0.2) is 24.3 Å². The van der Waals surface area contributed by atoms with Crippen molar-refractivity contribution >= 4 is 17.7 Å². The summed E-state index contributed by atoms with van der Waals surface area (Å²) in [7, 11) is 0. The SMILES string of the molecule is CC(CNC(=O)OC(C)(C)C)NC(C)c1ccc(F)c(Cl)c1. The molecule has 0 aliphatic rings. The molecule has 0 aliphatic heterocycles. The van der Waals surface area contributed by atoms with Crippen molar-refractivity contribution in [1.29, 1.82) is 0 Å². The van der Waals surface area contributed by atoms with Crippen LogP contribution in [-0.2, 0) is 4.74 Å². The zero-order chi connectivity index (χ0) is 16.9. The molecule has 1 rings (SSSR count). The van der Waals surface area contributed by atoms with E-state index in [0.29, 0.717) is 6.54 Å². The van der Waals surface area contributed by atoms with Gasteiger partial charge < -0.3 is 15.4 Å². The smallest absolute Gasteiger partial charge is 0.407 e. The van der Waals surface area contributed by atoms with Gasteiger partial charge >= 0.3 is 6.09 Å². The average Bonchev–Trinajstić information content (AvgIpc) is 2.37. The fourth-order valence-corrected chi connectivity index (χ4v) is 2.10. The third kappa shape index (κ3) is 6.62. The maximum atomic E-state index is 13.2. The Hall–Kier alpha value is -1.33. The third-order valence-corrected chi connectivity index (χ3v) is 3.22. The van der Waals surface area contributed by atoms with Crippen LogP contribution >= 0.6 is 11.6 Å². The van der Waals surface area contributed by atoms with Gasteiger partial charge in [-0.3, -0.25) is 0 Å². The number of halogens is 2. The van der Waals surface area contributed by atoms with Gasteiger partial charge in [-0.25, -0.2) is 9.18 Å². The van der Waals surface area contributed by atoms with Gasteiger partial charge in [0, 0.05) is 18.6 Å². The summed E-state index contributed by atoms with van der Waals surface area (Å²) >= 11 is 5.78. The number of amides is 1. The maximum absolute atomic E-state index is 13.2. The van der Waals surface area contributed by atoms with Crippen LogP contribution in [0.2, 0.25) is 5.02 Å². The molecule has 0 aromatic heterocycles. The van der Waals surface area contributed by atoms with Gasteiger partial charge in [0.1, 0.15) is 11.4 Å². The first-order valence-corrected chi connectivity index (χ1v) is 7.64. The lowest BCUT2D eigenvalue weighted by molar-refractivity contribution is 0.0522. The van der Waals surface area contributed by atoms with E-state index in [1.54, 1.807) is 12.1 Å². The first kappa shape index (κ1) is 18.7. The van der Waals surface area contributed by atoms with Crippen molar-refractivity contribution in [2.24, 2.45) is 0 Å². The van der Waals surface area contributed by atoms with E-state index in [9.17, 15) is 9.18 Å². The van der Waals surface area contributed by atoms with Crippen LogP contribution in [0.3, 0.4) is 0 Å². The molecule has 22 heavy (non-hydrogen) atoms. The number of benzene rings is 1. The standard InChI is InChI=1S/C16H24ClFN2O2/c1-10(9-19-15(21)22-16(3,4)5)20-11(2)12-6-7-14(18)13(17)8-12/h6-8,10-11,20H,9H2,1-5H3,(H,19,21). The average molecular weight is 331 g/mol. The Kier molecular flexibility index (Phi) is 6.63. The second kappa shape index (κ2) is 7.79. The summed E-state index contributed by atoms with van der Waals surface area (Å²) in [6.07, 6.45) is -0.446. The van der Waals surface area contributed by atoms with E-state index < -0.39 is 17.5 Å². The van der Waals surface area contributed by atoms with Crippen molar-refractivity contribution in [3.63, 3.8) is 0 Å². The summed E-state index contributed by atoms with van der Waals surface area (Å²) in [6, 6.07) is 4.63. The van der Waals surface area contributed by atoms with Crippen molar-refractivity contribution in [2.45, 2.75) is 52.3 Å². The van der Waals surface area contributed by atoms with Gasteiger partial charge in [-0.2, -0.15) is 0 Å². The van der Waals surface area contributed by atoms with Gasteiger partial charge in [-0.05, 0) is 52.3 Å². The second-order valence-electron chi connectivity index (χ2n) is 6.35. The van der Waals surface area contributed by atoms with E-state index in [-0.39, 0.29) is 17.1 Å². The van der Waals surface area contributed by atoms with Crippen LogP contribution in [0.25, 0.3) is 0 Å². The number of carbonyl (C=O) groups excluding carboxylic acids is 1. The lowest BCUT2D eigenvalue weighted by Gasteiger charge is -2.23. The molecule has 1 aromatic carbocycles. The quantitative estimate of drug-likeness (QED) is 0.856. The molecule has 0 bridgehead atoms. The number of rotatable bonds is 5. The first-order valence-electron chi connectivity index (χ1n) is 7.26. The maximum Gasteiger partial charge on any atom is 0.407 e. The minimum absolute atomic E-state index is 0.0198. The van der Waals surface area contributed by atoms with Gasteiger partial charge in [0.05, 0.1) is 5.02 Å². The molecular formula is C16H24ClFN2O2. The minimum Gasteiger partial charge on any atom is -0.444 e. The highest BCUT2D eigenvalue weighted by Crippen LogP contribution is 2.20. The summed E-state index contributed by atoms with van der Waals surface area (Å²) in [5, 5.41) is 6.12. The highest BCUT2D eigenvalue weighted by molar-refractivity contribution is 6.30. The Balaban J connectivity index is 2.45. The summed E-state index contributed by atoms with van der Waals surface area (Å²) in [4.78, 5) is 11.6. The zero-order valence-corrected chi connectivity index (χ0v) is 14.4. The molecule has 124 valence electrons. The number of alkyl carbamates (subject to hydrolysis) is 1. The molecule has 0 saturated carbocycles. The highest BCUT2D eigenvalue weighted by Gasteiger charge is 2.17. The molecule has 0 radical (unpaired) electrons. The topological polar surface area (TPSA) is 50.4 Å². The fraction of sp³-hybridized carbons (Fsp3) is 0.562. The van der Waals surface area contributed by atoms with Crippen LogP contribution in [0.4, 0.5) is 9.18 Å². The van der Waals surface area contributed by atoms with Crippen LogP contribution in [0.5, 0.6) is 0 Å². The Morgan fingerprint density at radius 1 is 1.36 bits per heavy atom. The van der Waals surface area contributed by atoms with Gasteiger partial charge in [0.25, 0.3) is 0 Å². The Morgan fingerprint density at radius 2 is 2.00 bits per heavy atom. The van der Waals surface area contributed by atoms with Crippen molar-refractivity contribution in [3.8, 4) is 0 Å². The molecule has 0 spiro atoms. The van der Waals surface area contributed by atoms with E-state index in [1.807, 2.05) is 34.6 Å². The van der Waals surface area contributed by atoms with Gasteiger partial charge in [-0.1, -0.05) is 17.7 Å². The molecule has 0 aliphatic carbocycles. The van der Waals surface area contributed by atoms with Gasteiger partial charge in [0.2, 0.25) is 0 Å². The molecule has 2 atom stereocenters. The zero-order valence-electron chi connectivity index (χ0n) is 13.7. The number of nitrogens with one attached hydrogen (secondary N) is 2. The third-order valence-electron chi connectivity index (χ3n) is 2.93. The molecule has 2 unspecified atom stereocenters. The van der Waals surface area contributed by atoms with E-state index in [0.717, 1.165) is 5.56 Å². The number of ether oxygens (including phenoxy) is 1. The largest absolute Gasteiger partial charge is 0.444 e. The van der Waals surface area contributed by atoms with Crippen LogP contribution < -0.4 is 10.6 Å². The molecule has 0 saturated heterocycles. The molecule has 0 fully saturated rings. The Labute approximate surface area is 136 Å². The Morgan fingerprint density at radius 3 is 2.55 bits per heavy atom. The lowest BCUT2D eigenvalue weighted by atomic mass is 10.1. The fourth-order valence-electron chi connectivity index (χ4n) is 1.91. The summed E-state index contributed by atoms with van der Waals surface area (Å²) in [5.74, 6) is -0.433. The van der Waals surface area contributed by atoms with E-state index in [2.05, 4.69) is 10.6 Å². The highest BCUT2D eigenvalue weighted by atomic mass is 35.5. The number of hydrogen-bond donors (Lipinski definition) is 2. The van der Waals surface area contributed by atoms with Gasteiger partial charge in [0.15, 0.2) is 0 Å². The van der Waals surface area contributed by atoms with Gasteiger partial charge in [-0.15, -0.1) is 0 Å². The predicted molar refractivity (Wildman–Crippen MR) is 86.7 cm³/mol. The van der Waals surface area contributed by atoms with Crippen molar-refractivity contribution in [2.75, 3.05) is 6.54 Å².